The number of nitrogens with one attached hydrogen (secondary N) is 2. The maximum atomic E-state index is 12.6. The summed E-state index contributed by atoms with van der Waals surface area (Å²) in [5.41, 5.74) is 1.81. The summed E-state index contributed by atoms with van der Waals surface area (Å²) in [6, 6.07) is 11.1. The number of halogens is 1. The highest BCUT2D eigenvalue weighted by Gasteiger charge is 2.20. The fourth-order valence-electron chi connectivity index (χ4n) is 2.93. The lowest BCUT2D eigenvalue weighted by Crippen LogP contribution is -2.35. The van der Waals surface area contributed by atoms with Crippen LogP contribution in [0.25, 0.3) is 11.0 Å². The van der Waals surface area contributed by atoms with E-state index in [2.05, 4.69) is 26.0 Å². The number of furan rings is 1. The molecule has 0 aliphatic heterocycles. The second-order valence-corrected chi connectivity index (χ2v) is 9.28. The molecule has 2 aromatic carbocycles. The first-order valence-corrected chi connectivity index (χ1v) is 11.1. The molecule has 0 aliphatic rings. The van der Waals surface area contributed by atoms with Crippen LogP contribution in [0.15, 0.2) is 56.2 Å². The molecule has 0 spiro atoms. The number of methoxy groups -OCH3 is 1. The molecule has 154 valence electrons. The van der Waals surface area contributed by atoms with E-state index in [1.54, 1.807) is 13.0 Å². The number of hydrogen-bond donors (Lipinski definition) is 2. The van der Waals surface area contributed by atoms with Crippen LogP contribution in [0.3, 0.4) is 0 Å². The second-order valence-electron chi connectivity index (χ2n) is 6.65. The fraction of sp³-hybridized carbons (Fsp3) is 0.250. The Kier molecular flexibility index (Phi) is 6.42. The Labute approximate surface area is 177 Å². The van der Waals surface area contributed by atoms with Gasteiger partial charge in [0.05, 0.1) is 11.5 Å². The highest BCUT2D eigenvalue weighted by Crippen LogP contribution is 2.28. The summed E-state index contributed by atoms with van der Waals surface area (Å²) in [4.78, 5) is 12.7. The summed E-state index contributed by atoms with van der Waals surface area (Å²) < 4.78 is 38.8. The van der Waals surface area contributed by atoms with Gasteiger partial charge in [0.25, 0.3) is 5.91 Å². The van der Waals surface area contributed by atoms with Gasteiger partial charge in [-0.25, -0.2) is 13.1 Å². The summed E-state index contributed by atoms with van der Waals surface area (Å²) in [5.74, 6) is -0.192. The Morgan fingerprint density at radius 3 is 2.55 bits per heavy atom. The number of rotatable bonds is 7. The Balaban J connectivity index is 1.76. The van der Waals surface area contributed by atoms with Crippen molar-refractivity contribution in [3.8, 4) is 0 Å². The first kappa shape index (κ1) is 21.5. The highest BCUT2D eigenvalue weighted by molar-refractivity contribution is 9.10. The average molecular weight is 481 g/mol. The molecule has 0 aliphatic carbocycles. The van der Waals surface area contributed by atoms with E-state index in [1.807, 2.05) is 19.1 Å². The predicted molar refractivity (Wildman–Crippen MR) is 115 cm³/mol. The van der Waals surface area contributed by atoms with Gasteiger partial charge in [0.2, 0.25) is 10.0 Å². The summed E-state index contributed by atoms with van der Waals surface area (Å²) in [6.07, 6.45) is 0. The number of carbonyl (C=O) groups is 1. The van der Waals surface area contributed by atoms with Crippen LogP contribution in [-0.2, 0) is 14.8 Å². The third-order valence-corrected chi connectivity index (χ3v) is 6.40. The molecular weight excluding hydrogens is 460 g/mol. The molecule has 7 nitrogen and oxygen atoms in total. The van der Waals surface area contributed by atoms with E-state index < -0.39 is 15.9 Å². The molecule has 0 fully saturated rings. The SMILES string of the molecule is COCC(C)NS(=O)(=O)c1ccc(NC(=O)c2oc3ccc(Br)cc3c2C)cc1. The van der Waals surface area contributed by atoms with Crippen molar-refractivity contribution in [3.05, 3.63) is 58.3 Å². The molecule has 0 saturated carbocycles. The first-order valence-electron chi connectivity index (χ1n) is 8.82. The molecule has 1 amide bonds. The van der Waals surface area contributed by atoms with Crippen molar-refractivity contribution in [3.63, 3.8) is 0 Å². The van der Waals surface area contributed by atoms with Gasteiger partial charge in [-0.05, 0) is 56.3 Å². The number of aryl methyl sites for hydroxylation is 1. The highest BCUT2D eigenvalue weighted by atomic mass is 79.9. The van der Waals surface area contributed by atoms with E-state index in [9.17, 15) is 13.2 Å². The van der Waals surface area contributed by atoms with Gasteiger partial charge in [-0.15, -0.1) is 0 Å². The van der Waals surface area contributed by atoms with Gasteiger partial charge in [-0.3, -0.25) is 4.79 Å². The minimum absolute atomic E-state index is 0.100. The fourth-order valence-corrected chi connectivity index (χ4v) is 4.52. The summed E-state index contributed by atoms with van der Waals surface area (Å²) in [5, 5.41) is 3.58. The topological polar surface area (TPSA) is 97.6 Å². The first-order chi connectivity index (χ1) is 13.7. The Morgan fingerprint density at radius 1 is 1.21 bits per heavy atom. The molecule has 0 saturated heterocycles. The van der Waals surface area contributed by atoms with Crippen LogP contribution in [0, 0.1) is 6.92 Å². The van der Waals surface area contributed by atoms with Crippen LogP contribution >= 0.6 is 15.9 Å². The van der Waals surface area contributed by atoms with Crippen LogP contribution in [0.5, 0.6) is 0 Å². The molecule has 1 aromatic heterocycles. The monoisotopic (exact) mass is 480 g/mol. The molecule has 0 bridgehead atoms. The van der Waals surface area contributed by atoms with Crippen LogP contribution < -0.4 is 10.0 Å². The molecule has 1 heterocycles. The molecule has 2 N–H and O–H groups in total. The van der Waals surface area contributed by atoms with E-state index in [1.165, 1.54) is 31.4 Å². The van der Waals surface area contributed by atoms with Gasteiger partial charge in [0, 0.05) is 34.3 Å². The average Bonchev–Trinajstić information content (AvgIpc) is 2.98. The number of ether oxygens (including phenoxy) is 1. The largest absolute Gasteiger partial charge is 0.451 e. The van der Waals surface area contributed by atoms with Crippen molar-refractivity contribution >= 4 is 48.5 Å². The summed E-state index contributed by atoms with van der Waals surface area (Å²) >= 11 is 3.41. The molecule has 29 heavy (non-hydrogen) atoms. The number of anilines is 1. The van der Waals surface area contributed by atoms with Crippen LogP contribution in [0.1, 0.15) is 23.0 Å². The molecule has 9 heteroatoms. The molecule has 3 rings (SSSR count). The number of hydrogen-bond acceptors (Lipinski definition) is 5. The van der Waals surface area contributed by atoms with Crippen LogP contribution in [0.4, 0.5) is 5.69 Å². The smallest absolute Gasteiger partial charge is 0.291 e. The van der Waals surface area contributed by atoms with Crippen molar-refractivity contribution in [2.45, 2.75) is 24.8 Å². The summed E-state index contributed by atoms with van der Waals surface area (Å²) in [6.45, 7) is 3.79. The normalized spacial score (nSPS) is 12.8. The molecule has 1 atom stereocenters. The zero-order valence-electron chi connectivity index (χ0n) is 16.2. The van der Waals surface area contributed by atoms with Crippen molar-refractivity contribution in [1.82, 2.24) is 4.72 Å². The van der Waals surface area contributed by atoms with E-state index in [-0.39, 0.29) is 23.3 Å². The van der Waals surface area contributed by atoms with Crippen LogP contribution in [-0.4, -0.2) is 34.1 Å². The maximum Gasteiger partial charge on any atom is 0.291 e. The third kappa shape index (κ3) is 4.87. The number of amides is 1. The minimum atomic E-state index is -3.67. The maximum absolute atomic E-state index is 12.6. The Morgan fingerprint density at radius 2 is 1.90 bits per heavy atom. The van der Waals surface area contributed by atoms with E-state index in [4.69, 9.17) is 9.15 Å². The number of sulfonamides is 1. The van der Waals surface area contributed by atoms with E-state index in [0.717, 1.165) is 15.4 Å². The number of benzene rings is 2. The number of fused-ring (bicyclic) bond motifs is 1. The van der Waals surface area contributed by atoms with Crippen molar-refractivity contribution in [2.24, 2.45) is 0 Å². The number of carbonyl (C=O) groups excluding carboxylic acids is 1. The van der Waals surface area contributed by atoms with Crippen molar-refractivity contribution in [2.75, 3.05) is 19.0 Å². The molecular formula is C20H21BrN2O5S. The second kappa shape index (κ2) is 8.66. The zero-order valence-corrected chi connectivity index (χ0v) is 18.6. The van der Waals surface area contributed by atoms with Crippen LogP contribution in [0.2, 0.25) is 0 Å². The van der Waals surface area contributed by atoms with Gasteiger partial charge >= 0.3 is 0 Å². The molecule has 0 radical (unpaired) electrons. The Hall–Kier alpha value is -2.20. The zero-order chi connectivity index (χ0) is 21.2. The van der Waals surface area contributed by atoms with E-state index >= 15 is 0 Å². The minimum Gasteiger partial charge on any atom is -0.451 e. The van der Waals surface area contributed by atoms with E-state index in [0.29, 0.717) is 11.3 Å². The molecule has 3 aromatic rings. The van der Waals surface area contributed by atoms with Gasteiger partial charge in [0.1, 0.15) is 5.58 Å². The van der Waals surface area contributed by atoms with Gasteiger partial charge < -0.3 is 14.5 Å². The van der Waals surface area contributed by atoms with Crippen molar-refractivity contribution < 1.29 is 22.4 Å². The van der Waals surface area contributed by atoms with Gasteiger partial charge in [0.15, 0.2) is 5.76 Å². The Bertz CT molecular complexity index is 1140. The summed E-state index contributed by atoms with van der Waals surface area (Å²) in [7, 11) is -2.17. The predicted octanol–water partition coefficient (Wildman–Crippen LogP) is 4.07. The lowest BCUT2D eigenvalue weighted by molar-refractivity contribution is 0.0998. The lowest BCUT2D eigenvalue weighted by Gasteiger charge is -2.13. The van der Waals surface area contributed by atoms with Gasteiger partial charge in [-0.2, -0.15) is 0 Å². The van der Waals surface area contributed by atoms with Crippen molar-refractivity contribution in [1.29, 1.82) is 0 Å². The molecule has 1 unspecified atom stereocenters. The quantitative estimate of drug-likeness (QED) is 0.530. The van der Waals surface area contributed by atoms with Gasteiger partial charge in [-0.1, -0.05) is 15.9 Å². The standard InChI is InChI=1S/C20H21BrN2O5S/c1-12(11-27-3)23-29(25,26)16-7-5-15(6-8-16)22-20(24)19-13(2)17-10-14(21)4-9-18(17)28-19/h4-10,12,23H,11H2,1-3H3,(H,22,24). The lowest BCUT2D eigenvalue weighted by atomic mass is 10.1. The third-order valence-electron chi connectivity index (χ3n) is 4.30.